The van der Waals surface area contributed by atoms with E-state index in [0.29, 0.717) is 5.92 Å². The minimum Gasteiger partial charge on any atom is -0.302 e. The standard InChI is InChI=1S/C20H31N/c1-6-18(4)12-14-21(16-19(5)17(2)3)15-13-20-10-8-7-9-11-20/h6-11,19H,2,12-16H2,1,3-5H3/b18-6+. The molecule has 0 radical (unpaired) electrons. The third-order valence-electron chi connectivity index (χ3n) is 4.25. The maximum absolute atomic E-state index is 4.10. The van der Waals surface area contributed by atoms with Crippen LogP contribution < -0.4 is 0 Å². The lowest BCUT2D eigenvalue weighted by Crippen LogP contribution is -2.32. The Morgan fingerprint density at radius 2 is 1.86 bits per heavy atom. The van der Waals surface area contributed by atoms with Gasteiger partial charge in [0.15, 0.2) is 0 Å². The van der Waals surface area contributed by atoms with Crippen LogP contribution in [0.2, 0.25) is 0 Å². The van der Waals surface area contributed by atoms with Gasteiger partial charge >= 0.3 is 0 Å². The van der Waals surface area contributed by atoms with Crippen LogP contribution in [-0.2, 0) is 6.42 Å². The van der Waals surface area contributed by atoms with Gasteiger partial charge in [-0.25, -0.2) is 0 Å². The van der Waals surface area contributed by atoms with Crippen molar-refractivity contribution < 1.29 is 0 Å². The third kappa shape index (κ3) is 7.29. The highest BCUT2D eigenvalue weighted by Crippen LogP contribution is 2.12. The molecule has 1 rings (SSSR count). The van der Waals surface area contributed by atoms with Crippen molar-refractivity contribution >= 4 is 0 Å². The Kier molecular flexibility index (Phi) is 8.07. The molecule has 1 atom stereocenters. The Morgan fingerprint density at radius 3 is 2.43 bits per heavy atom. The van der Waals surface area contributed by atoms with Crippen molar-refractivity contribution in [2.24, 2.45) is 5.92 Å². The molecule has 0 aromatic heterocycles. The van der Waals surface area contributed by atoms with E-state index in [2.05, 4.69) is 75.6 Å². The maximum Gasteiger partial charge on any atom is 0.00444 e. The first-order valence-electron chi connectivity index (χ1n) is 8.06. The number of hydrogen-bond acceptors (Lipinski definition) is 1. The average Bonchev–Trinajstić information content (AvgIpc) is 2.50. The van der Waals surface area contributed by atoms with Gasteiger partial charge in [-0.05, 0) is 45.1 Å². The molecule has 0 N–H and O–H groups in total. The number of benzene rings is 1. The van der Waals surface area contributed by atoms with Gasteiger partial charge in [-0.15, -0.1) is 0 Å². The zero-order valence-corrected chi connectivity index (χ0v) is 14.2. The molecule has 1 aromatic rings. The molecule has 1 aromatic carbocycles. The van der Waals surface area contributed by atoms with E-state index < -0.39 is 0 Å². The van der Waals surface area contributed by atoms with Gasteiger partial charge in [0.1, 0.15) is 0 Å². The van der Waals surface area contributed by atoms with Crippen molar-refractivity contribution in [2.45, 2.75) is 40.5 Å². The van der Waals surface area contributed by atoms with Crippen LogP contribution in [0.15, 0.2) is 54.1 Å². The summed E-state index contributed by atoms with van der Waals surface area (Å²) in [6.07, 6.45) is 4.50. The molecule has 0 aliphatic rings. The Morgan fingerprint density at radius 1 is 1.19 bits per heavy atom. The van der Waals surface area contributed by atoms with Crippen molar-refractivity contribution in [1.82, 2.24) is 4.90 Å². The predicted molar refractivity (Wildman–Crippen MR) is 94.6 cm³/mol. The third-order valence-corrected chi connectivity index (χ3v) is 4.25. The van der Waals surface area contributed by atoms with E-state index in [1.165, 1.54) is 16.7 Å². The molecule has 116 valence electrons. The summed E-state index contributed by atoms with van der Waals surface area (Å²) in [6, 6.07) is 10.8. The number of allylic oxidation sites excluding steroid dienone is 1. The highest BCUT2D eigenvalue weighted by molar-refractivity contribution is 5.15. The molecule has 21 heavy (non-hydrogen) atoms. The Balaban J connectivity index is 2.56. The van der Waals surface area contributed by atoms with Crippen molar-refractivity contribution in [3.8, 4) is 0 Å². The van der Waals surface area contributed by atoms with Gasteiger partial charge in [0, 0.05) is 19.6 Å². The molecule has 1 heteroatoms. The second-order valence-corrected chi connectivity index (χ2v) is 6.17. The molecule has 1 nitrogen and oxygen atoms in total. The largest absolute Gasteiger partial charge is 0.302 e. The van der Waals surface area contributed by atoms with Gasteiger partial charge in [-0.2, -0.15) is 0 Å². The first kappa shape index (κ1) is 17.7. The van der Waals surface area contributed by atoms with Gasteiger partial charge in [0.2, 0.25) is 0 Å². The normalized spacial score (nSPS) is 13.5. The number of nitrogens with zero attached hydrogens (tertiary/aromatic N) is 1. The molecular formula is C20H31N. The Bertz CT molecular complexity index is 444. The molecule has 0 heterocycles. The summed E-state index contributed by atoms with van der Waals surface area (Å²) in [5.41, 5.74) is 4.18. The molecule has 0 aliphatic heterocycles. The maximum atomic E-state index is 4.10. The monoisotopic (exact) mass is 285 g/mol. The summed E-state index contributed by atoms with van der Waals surface area (Å²) < 4.78 is 0. The summed E-state index contributed by atoms with van der Waals surface area (Å²) in [5, 5.41) is 0. The topological polar surface area (TPSA) is 3.24 Å². The van der Waals surface area contributed by atoms with Gasteiger partial charge < -0.3 is 4.90 Å². The Labute approximate surface area is 131 Å². The lowest BCUT2D eigenvalue weighted by Gasteiger charge is -2.26. The fourth-order valence-electron chi connectivity index (χ4n) is 2.25. The number of rotatable bonds is 9. The summed E-state index contributed by atoms with van der Waals surface area (Å²) in [6.45, 7) is 16.2. The van der Waals surface area contributed by atoms with Crippen molar-refractivity contribution in [3.05, 3.63) is 59.7 Å². The lowest BCUT2D eigenvalue weighted by molar-refractivity contribution is 0.255. The number of hydrogen-bond donors (Lipinski definition) is 0. The van der Waals surface area contributed by atoms with Crippen LogP contribution in [0.3, 0.4) is 0 Å². The van der Waals surface area contributed by atoms with Gasteiger partial charge in [0.25, 0.3) is 0 Å². The van der Waals surface area contributed by atoms with Crippen molar-refractivity contribution in [2.75, 3.05) is 19.6 Å². The summed E-state index contributed by atoms with van der Waals surface area (Å²) in [7, 11) is 0. The van der Waals surface area contributed by atoms with E-state index >= 15 is 0 Å². The smallest absolute Gasteiger partial charge is 0.00444 e. The van der Waals surface area contributed by atoms with Crippen LogP contribution in [0.1, 0.15) is 39.7 Å². The summed E-state index contributed by atoms with van der Waals surface area (Å²) >= 11 is 0. The lowest BCUT2D eigenvalue weighted by atomic mass is 10.0. The molecule has 0 aliphatic carbocycles. The second-order valence-electron chi connectivity index (χ2n) is 6.17. The molecule has 0 saturated carbocycles. The zero-order chi connectivity index (χ0) is 15.7. The van der Waals surface area contributed by atoms with Gasteiger partial charge in [0.05, 0.1) is 0 Å². The molecular weight excluding hydrogens is 254 g/mol. The van der Waals surface area contributed by atoms with E-state index in [-0.39, 0.29) is 0 Å². The van der Waals surface area contributed by atoms with E-state index in [1.807, 2.05) is 0 Å². The molecule has 1 unspecified atom stereocenters. The first-order valence-corrected chi connectivity index (χ1v) is 8.06. The van der Waals surface area contributed by atoms with Gasteiger partial charge in [-0.3, -0.25) is 0 Å². The Hall–Kier alpha value is -1.34. The second kappa shape index (κ2) is 9.57. The molecule has 0 fully saturated rings. The molecule has 0 spiro atoms. The highest BCUT2D eigenvalue weighted by atomic mass is 15.1. The van der Waals surface area contributed by atoms with E-state index in [0.717, 1.165) is 32.5 Å². The van der Waals surface area contributed by atoms with Crippen molar-refractivity contribution in [1.29, 1.82) is 0 Å². The molecule has 0 saturated heterocycles. The van der Waals surface area contributed by atoms with Crippen LogP contribution in [0.4, 0.5) is 0 Å². The predicted octanol–water partition coefficient (Wildman–Crippen LogP) is 5.10. The van der Waals surface area contributed by atoms with Gasteiger partial charge in [-0.1, -0.05) is 61.1 Å². The minimum absolute atomic E-state index is 0.562. The van der Waals surface area contributed by atoms with E-state index in [4.69, 9.17) is 0 Å². The van der Waals surface area contributed by atoms with Crippen LogP contribution in [0.25, 0.3) is 0 Å². The first-order chi connectivity index (χ1) is 10.0. The summed E-state index contributed by atoms with van der Waals surface area (Å²) in [4.78, 5) is 2.58. The fraction of sp³-hybridized carbons (Fsp3) is 0.500. The SMILES string of the molecule is C=C(C)C(C)CN(CC/C(C)=C/C)CCc1ccccc1. The minimum atomic E-state index is 0.562. The van der Waals surface area contributed by atoms with E-state index in [1.54, 1.807) is 0 Å². The van der Waals surface area contributed by atoms with Crippen molar-refractivity contribution in [3.63, 3.8) is 0 Å². The van der Waals surface area contributed by atoms with Crippen LogP contribution in [-0.4, -0.2) is 24.5 Å². The fourth-order valence-corrected chi connectivity index (χ4v) is 2.25. The average molecular weight is 285 g/mol. The van der Waals surface area contributed by atoms with Crippen LogP contribution >= 0.6 is 0 Å². The van der Waals surface area contributed by atoms with E-state index in [9.17, 15) is 0 Å². The van der Waals surface area contributed by atoms with Crippen LogP contribution in [0.5, 0.6) is 0 Å². The quantitative estimate of drug-likeness (QED) is 0.571. The zero-order valence-electron chi connectivity index (χ0n) is 14.2. The summed E-state index contributed by atoms with van der Waals surface area (Å²) in [5.74, 6) is 0.562. The van der Waals surface area contributed by atoms with Crippen LogP contribution in [0, 0.1) is 5.92 Å². The molecule has 0 bridgehead atoms. The highest BCUT2D eigenvalue weighted by Gasteiger charge is 2.11. The molecule has 0 amide bonds.